The molecule has 2 atom stereocenters. The Balaban J connectivity index is 1.41. The molecule has 2 saturated heterocycles. The average Bonchev–Trinajstić information content (AvgIpc) is 2.94. The van der Waals surface area contributed by atoms with Crippen LogP contribution in [0.4, 0.5) is 10.1 Å². The van der Waals surface area contributed by atoms with Crippen LogP contribution < -0.4 is 21.0 Å². The van der Waals surface area contributed by atoms with Crippen molar-refractivity contribution < 1.29 is 33.4 Å². The normalized spacial score (nSPS) is 20.7. The Kier molecular flexibility index (Phi) is 7.55. The number of halogens is 1. The number of aliphatic carboxylic acids is 1. The Morgan fingerprint density at radius 3 is 2.60 bits per heavy atom. The van der Waals surface area contributed by atoms with Crippen molar-refractivity contribution in [2.45, 2.75) is 31.8 Å². The first-order valence-electron chi connectivity index (χ1n) is 12.8. The number of β-lactam (4-membered cyclic amide) rings is 1. The van der Waals surface area contributed by atoms with Gasteiger partial charge < -0.3 is 29.9 Å². The van der Waals surface area contributed by atoms with Gasteiger partial charge in [-0.25, -0.2) is 9.18 Å². The first-order chi connectivity index (χ1) is 19.1. The number of piperazine rings is 1. The highest BCUT2D eigenvalue weighted by Crippen LogP contribution is 2.40. The number of amides is 2. The number of benzene rings is 1. The van der Waals surface area contributed by atoms with Crippen LogP contribution in [-0.2, 0) is 25.7 Å². The van der Waals surface area contributed by atoms with E-state index in [9.17, 15) is 29.1 Å². The highest BCUT2D eigenvalue weighted by atomic mass is 32.2. The third-order valence-electron chi connectivity index (χ3n) is 7.18. The van der Waals surface area contributed by atoms with Gasteiger partial charge in [-0.05, 0) is 19.1 Å². The highest BCUT2D eigenvalue weighted by molar-refractivity contribution is 8.00. The third-order valence-corrected chi connectivity index (χ3v) is 8.52. The molecule has 2 fully saturated rings. The number of anilines is 1. The minimum Gasteiger partial charge on any atom is -0.477 e. The molecule has 2 amide bonds. The number of rotatable bonds is 7. The molecule has 14 heteroatoms. The van der Waals surface area contributed by atoms with Gasteiger partial charge in [-0.15, -0.1) is 11.8 Å². The van der Waals surface area contributed by atoms with Crippen LogP contribution in [0.1, 0.15) is 24.2 Å². The van der Waals surface area contributed by atoms with E-state index >= 15 is 4.39 Å². The van der Waals surface area contributed by atoms with Crippen molar-refractivity contribution in [2.24, 2.45) is 0 Å². The number of nitrogens with zero attached hydrogens (tertiary/aromatic N) is 3. The van der Waals surface area contributed by atoms with Crippen molar-refractivity contribution in [3.8, 4) is 0 Å². The van der Waals surface area contributed by atoms with E-state index in [4.69, 9.17) is 4.74 Å². The number of fused-ring (bicyclic) bond motifs is 2. The van der Waals surface area contributed by atoms with Gasteiger partial charge in [0, 0.05) is 62.6 Å². The molecule has 3 aliphatic heterocycles. The van der Waals surface area contributed by atoms with Gasteiger partial charge in [-0.1, -0.05) is 0 Å². The maximum absolute atomic E-state index is 15.2. The number of esters is 1. The number of carboxylic acids is 1. The summed E-state index contributed by atoms with van der Waals surface area (Å²) in [7, 11) is 0. The summed E-state index contributed by atoms with van der Waals surface area (Å²) in [4.78, 5) is 65.6. The Labute approximate surface area is 232 Å². The molecule has 0 saturated carbocycles. The number of pyridine rings is 1. The Morgan fingerprint density at radius 2 is 1.95 bits per heavy atom. The molecule has 0 spiro atoms. The zero-order chi connectivity index (χ0) is 28.7. The first-order valence-corrected chi connectivity index (χ1v) is 13.8. The number of aryl methyl sites for hydroxylation is 1. The fourth-order valence-corrected chi connectivity index (χ4v) is 6.50. The predicted molar refractivity (Wildman–Crippen MR) is 145 cm³/mol. The minimum absolute atomic E-state index is 0.0469. The first kappa shape index (κ1) is 27.6. The highest BCUT2D eigenvalue weighted by Gasteiger charge is 2.54. The van der Waals surface area contributed by atoms with E-state index in [1.807, 2.05) is 11.8 Å². The topological polar surface area (TPSA) is 150 Å². The van der Waals surface area contributed by atoms with Crippen LogP contribution in [0, 0.1) is 5.82 Å². The standard InChI is InChI=1S/C26H28FN5O7S/c1-3-30-10-16(22(34)15-8-17(27)19(9-18(15)30)31-6-4-28-5-7-31)23(35)29-20-24(36)32-21(26(37)38)14(11-39-13(2)33)12-40-25(20)32/h8-10,20,25,28H,3-7,11-12H2,1-2H3,(H,29,35)(H,37,38)/t20-,25-/m1/s1. The third kappa shape index (κ3) is 4.81. The van der Waals surface area contributed by atoms with Gasteiger partial charge in [0.05, 0.1) is 11.2 Å². The van der Waals surface area contributed by atoms with Crippen LogP contribution in [0.5, 0.6) is 0 Å². The molecule has 0 bridgehead atoms. The van der Waals surface area contributed by atoms with Crippen molar-refractivity contribution in [2.75, 3.05) is 43.4 Å². The second kappa shape index (κ2) is 10.9. The van der Waals surface area contributed by atoms with E-state index in [0.717, 1.165) is 11.0 Å². The van der Waals surface area contributed by atoms with Crippen LogP contribution in [0.2, 0.25) is 0 Å². The molecule has 4 heterocycles. The van der Waals surface area contributed by atoms with Gasteiger partial charge in [0.2, 0.25) is 5.43 Å². The largest absolute Gasteiger partial charge is 0.477 e. The summed E-state index contributed by atoms with van der Waals surface area (Å²) >= 11 is 1.21. The number of ether oxygens (including phenoxy) is 1. The number of aromatic nitrogens is 1. The summed E-state index contributed by atoms with van der Waals surface area (Å²) in [5, 5.41) is 14.8. The van der Waals surface area contributed by atoms with E-state index in [-0.39, 0.29) is 34.6 Å². The molecule has 5 rings (SSSR count). The quantitative estimate of drug-likeness (QED) is 0.315. The molecule has 0 aliphatic carbocycles. The van der Waals surface area contributed by atoms with Crippen molar-refractivity contribution in [1.29, 1.82) is 0 Å². The van der Waals surface area contributed by atoms with Crippen molar-refractivity contribution in [3.05, 3.63) is 51.2 Å². The average molecular weight is 574 g/mol. The number of carboxylic acid groups (broad SMARTS) is 1. The maximum atomic E-state index is 15.2. The minimum atomic E-state index is -1.35. The molecule has 212 valence electrons. The lowest BCUT2D eigenvalue weighted by Crippen LogP contribution is -2.70. The molecule has 3 N–H and O–H groups in total. The monoisotopic (exact) mass is 573 g/mol. The van der Waals surface area contributed by atoms with Gasteiger partial charge in [-0.2, -0.15) is 0 Å². The lowest BCUT2D eigenvalue weighted by Gasteiger charge is -2.49. The molecule has 12 nitrogen and oxygen atoms in total. The SMILES string of the molecule is CCn1cc(C(=O)N[C@@H]2C(=O)N3C(C(=O)O)=C(COC(C)=O)CS[C@H]23)c(=O)c2cc(F)c(N3CCNCC3)cc21. The van der Waals surface area contributed by atoms with Crippen LogP contribution in [0.15, 0.2) is 34.4 Å². The second-order valence-electron chi connectivity index (χ2n) is 9.61. The van der Waals surface area contributed by atoms with Crippen LogP contribution in [0.3, 0.4) is 0 Å². The molecular formula is C26H28FN5O7S. The molecule has 2 aromatic rings. The van der Waals surface area contributed by atoms with E-state index in [1.165, 1.54) is 24.9 Å². The van der Waals surface area contributed by atoms with Crippen LogP contribution >= 0.6 is 11.8 Å². The lowest BCUT2D eigenvalue weighted by atomic mass is 10.0. The molecule has 40 heavy (non-hydrogen) atoms. The molecule has 1 aromatic heterocycles. The fourth-order valence-electron chi connectivity index (χ4n) is 5.17. The molecule has 0 unspecified atom stereocenters. The van der Waals surface area contributed by atoms with Gasteiger partial charge in [0.25, 0.3) is 11.8 Å². The summed E-state index contributed by atoms with van der Waals surface area (Å²) < 4.78 is 21.8. The van der Waals surface area contributed by atoms with Crippen LogP contribution in [0.25, 0.3) is 10.9 Å². The summed E-state index contributed by atoms with van der Waals surface area (Å²) in [5.74, 6) is -3.81. The number of carbonyl (C=O) groups excluding carboxylic acids is 3. The van der Waals surface area contributed by atoms with E-state index < -0.39 is 46.4 Å². The zero-order valence-electron chi connectivity index (χ0n) is 21.9. The maximum Gasteiger partial charge on any atom is 0.352 e. The fraction of sp³-hybridized carbons (Fsp3) is 0.423. The van der Waals surface area contributed by atoms with E-state index in [2.05, 4.69) is 10.6 Å². The number of thioether (sulfide) groups is 1. The molecule has 3 aliphatic rings. The van der Waals surface area contributed by atoms with E-state index in [0.29, 0.717) is 43.9 Å². The Morgan fingerprint density at radius 1 is 1.23 bits per heavy atom. The smallest absolute Gasteiger partial charge is 0.352 e. The number of nitrogens with one attached hydrogen (secondary N) is 2. The van der Waals surface area contributed by atoms with Gasteiger partial charge in [0.15, 0.2) is 0 Å². The number of hydrogen-bond donors (Lipinski definition) is 3. The second-order valence-corrected chi connectivity index (χ2v) is 10.7. The number of hydrogen-bond acceptors (Lipinski definition) is 9. The van der Waals surface area contributed by atoms with Gasteiger partial charge in [-0.3, -0.25) is 24.1 Å². The van der Waals surface area contributed by atoms with Crippen molar-refractivity contribution >= 4 is 52.1 Å². The van der Waals surface area contributed by atoms with Crippen molar-refractivity contribution in [3.63, 3.8) is 0 Å². The predicted octanol–water partition coefficient (Wildman–Crippen LogP) is 0.485. The summed E-state index contributed by atoms with van der Waals surface area (Å²) in [6.07, 6.45) is 1.40. The summed E-state index contributed by atoms with van der Waals surface area (Å²) in [5.41, 5.74) is -0.0557. The number of carbonyl (C=O) groups is 4. The molecule has 0 radical (unpaired) electrons. The molecular weight excluding hydrogens is 545 g/mol. The summed E-state index contributed by atoms with van der Waals surface area (Å²) in [6.45, 7) is 5.83. The lowest BCUT2D eigenvalue weighted by molar-refractivity contribution is -0.149. The van der Waals surface area contributed by atoms with Crippen LogP contribution in [-0.4, -0.2) is 88.3 Å². The van der Waals surface area contributed by atoms with Crippen molar-refractivity contribution in [1.82, 2.24) is 20.1 Å². The van der Waals surface area contributed by atoms with Gasteiger partial charge in [0.1, 0.15) is 35.1 Å². The Hall–Kier alpha value is -3.91. The zero-order valence-corrected chi connectivity index (χ0v) is 22.7. The molecule has 1 aromatic carbocycles. The van der Waals surface area contributed by atoms with E-state index in [1.54, 1.807) is 10.6 Å². The summed E-state index contributed by atoms with van der Waals surface area (Å²) in [6, 6.07) is 1.71. The Bertz CT molecular complexity index is 1520. The van der Waals surface area contributed by atoms with Gasteiger partial charge >= 0.3 is 11.9 Å².